The normalized spacial score (nSPS) is 16.6. The molecular weight excluding hydrogens is 448 g/mol. The molecule has 2 aromatic carbocycles. The molecule has 0 aromatic heterocycles. The van der Waals surface area contributed by atoms with Gasteiger partial charge in [0.15, 0.2) is 5.17 Å². The summed E-state index contributed by atoms with van der Waals surface area (Å²) in [6, 6.07) is 11.1. The van der Waals surface area contributed by atoms with Crippen LogP contribution in [0.15, 0.2) is 63.4 Å². The molecule has 0 spiro atoms. The molecule has 1 heterocycles. The second kappa shape index (κ2) is 8.78. The van der Waals surface area contributed by atoms with Crippen LogP contribution in [0.5, 0.6) is 5.75 Å². The number of aryl methyl sites for hydroxylation is 1. The number of hydrogen-bond acceptors (Lipinski definition) is 4. The maximum Gasteiger partial charge on any atom is 0.264 e. The van der Waals surface area contributed by atoms with Crippen molar-refractivity contribution in [2.75, 3.05) is 6.61 Å². The standard InChI is InChI=1S/C20H16BrClN2O2S/c1-3-8-26-17-7-4-14(21)10-13(17)11-18-19(25)24-20(27-18)23-16-6-5-15(22)9-12(16)2/h3-7,9-11H,1,8H2,2H3,(H,23,24,25)/b18-11-. The van der Waals surface area contributed by atoms with Crippen LogP contribution in [0.1, 0.15) is 11.1 Å². The molecule has 0 bridgehead atoms. The Labute approximate surface area is 175 Å². The van der Waals surface area contributed by atoms with E-state index < -0.39 is 0 Å². The number of rotatable bonds is 5. The predicted octanol–water partition coefficient (Wildman–Crippen LogP) is 5.87. The van der Waals surface area contributed by atoms with E-state index in [0.717, 1.165) is 21.3 Å². The van der Waals surface area contributed by atoms with Crippen LogP contribution in [0.2, 0.25) is 5.02 Å². The second-order valence-electron chi connectivity index (χ2n) is 5.69. The summed E-state index contributed by atoms with van der Waals surface area (Å²) >= 11 is 10.7. The van der Waals surface area contributed by atoms with Gasteiger partial charge in [0.25, 0.3) is 5.91 Å². The van der Waals surface area contributed by atoms with Crippen molar-refractivity contribution in [3.63, 3.8) is 0 Å². The number of aliphatic imine (C=N–C) groups is 1. The summed E-state index contributed by atoms with van der Waals surface area (Å²) in [7, 11) is 0. The molecule has 1 aliphatic rings. The highest BCUT2D eigenvalue weighted by atomic mass is 79.9. The van der Waals surface area contributed by atoms with Gasteiger partial charge in [-0.15, -0.1) is 0 Å². The zero-order chi connectivity index (χ0) is 19.4. The van der Waals surface area contributed by atoms with Crippen LogP contribution in [-0.4, -0.2) is 17.7 Å². The Kier molecular flexibility index (Phi) is 6.42. The number of hydrogen-bond donors (Lipinski definition) is 1. The van der Waals surface area contributed by atoms with Crippen LogP contribution >= 0.6 is 39.3 Å². The van der Waals surface area contributed by atoms with Crippen LogP contribution in [0, 0.1) is 6.92 Å². The summed E-state index contributed by atoms with van der Waals surface area (Å²) in [6.07, 6.45) is 3.47. The van der Waals surface area contributed by atoms with Gasteiger partial charge in [-0.1, -0.05) is 40.2 Å². The molecule has 27 heavy (non-hydrogen) atoms. The minimum Gasteiger partial charge on any atom is -0.489 e. The van der Waals surface area contributed by atoms with Crippen molar-refractivity contribution in [1.82, 2.24) is 5.32 Å². The summed E-state index contributed by atoms with van der Waals surface area (Å²) < 4.78 is 6.57. The van der Waals surface area contributed by atoms with Crippen LogP contribution in [0.4, 0.5) is 5.69 Å². The lowest BCUT2D eigenvalue weighted by Gasteiger charge is -2.08. The smallest absolute Gasteiger partial charge is 0.264 e. The number of amidine groups is 1. The lowest BCUT2D eigenvalue weighted by atomic mass is 10.2. The fourth-order valence-corrected chi connectivity index (χ4v) is 3.82. The van der Waals surface area contributed by atoms with Gasteiger partial charge in [0.1, 0.15) is 12.4 Å². The van der Waals surface area contributed by atoms with Crippen LogP contribution < -0.4 is 10.1 Å². The molecule has 1 aliphatic heterocycles. The number of halogens is 2. The summed E-state index contributed by atoms with van der Waals surface area (Å²) in [5, 5.41) is 3.98. The molecule has 1 amide bonds. The van der Waals surface area contributed by atoms with Crippen molar-refractivity contribution in [2.45, 2.75) is 6.92 Å². The van der Waals surface area contributed by atoms with Gasteiger partial charge in [0.2, 0.25) is 0 Å². The topological polar surface area (TPSA) is 50.7 Å². The molecule has 0 atom stereocenters. The first kappa shape index (κ1) is 19.7. The third-order valence-electron chi connectivity index (χ3n) is 3.65. The Hall–Kier alpha value is -2.02. The van der Waals surface area contributed by atoms with E-state index in [0.29, 0.717) is 27.5 Å². The molecule has 0 unspecified atom stereocenters. The molecule has 1 N–H and O–H groups in total. The summed E-state index contributed by atoms with van der Waals surface area (Å²) in [4.78, 5) is 17.4. The molecule has 1 fully saturated rings. The summed E-state index contributed by atoms with van der Waals surface area (Å²) in [5.41, 5.74) is 2.50. The number of carbonyl (C=O) groups is 1. The average Bonchev–Trinajstić information content (AvgIpc) is 2.96. The first-order valence-corrected chi connectivity index (χ1v) is 10.0. The number of carbonyl (C=O) groups excluding carboxylic acids is 1. The van der Waals surface area contributed by atoms with E-state index in [9.17, 15) is 4.79 Å². The van der Waals surface area contributed by atoms with Gasteiger partial charge < -0.3 is 10.1 Å². The fraction of sp³-hybridized carbons (Fsp3) is 0.100. The van der Waals surface area contributed by atoms with E-state index in [2.05, 4.69) is 32.8 Å². The molecule has 7 heteroatoms. The number of thioether (sulfide) groups is 1. The second-order valence-corrected chi connectivity index (χ2v) is 8.08. The van der Waals surface area contributed by atoms with E-state index >= 15 is 0 Å². The van der Waals surface area contributed by atoms with Gasteiger partial charge in [-0.05, 0) is 66.7 Å². The number of nitrogens with one attached hydrogen (secondary N) is 1. The molecular formula is C20H16BrClN2O2S. The number of ether oxygens (including phenoxy) is 1. The molecule has 4 nitrogen and oxygen atoms in total. The Bertz CT molecular complexity index is 972. The van der Waals surface area contributed by atoms with Crippen molar-refractivity contribution in [2.24, 2.45) is 4.99 Å². The monoisotopic (exact) mass is 462 g/mol. The van der Waals surface area contributed by atoms with Crippen LogP contribution in [-0.2, 0) is 4.79 Å². The molecule has 1 saturated heterocycles. The minimum atomic E-state index is -0.194. The van der Waals surface area contributed by atoms with Crippen molar-refractivity contribution in [3.05, 3.63) is 74.6 Å². The van der Waals surface area contributed by atoms with Crippen LogP contribution in [0.3, 0.4) is 0 Å². The Morgan fingerprint density at radius 1 is 1.33 bits per heavy atom. The van der Waals surface area contributed by atoms with Crippen molar-refractivity contribution < 1.29 is 9.53 Å². The molecule has 138 valence electrons. The molecule has 3 rings (SSSR count). The van der Waals surface area contributed by atoms with E-state index in [1.165, 1.54) is 11.8 Å². The third-order valence-corrected chi connectivity index (χ3v) is 5.29. The highest BCUT2D eigenvalue weighted by Gasteiger charge is 2.24. The van der Waals surface area contributed by atoms with Crippen molar-refractivity contribution in [3.8, 4) is 5.75 Å². The Morgan fingerprint density at radius 2 is 2.15 bits per heavy atom. The predicted molar refractivity (Wildman–Crippen MR) is 117 cm³/mol. The zero-order valence-corrected chi connectivity index (χ0v) is 17.6. The van der Waals surface area contributed by atoms with Gasteiger partial charge in [0.05, 0.1) is 10.6 Å². The highest BCUT2D eigenvalue weighted by Crippen LogP contribution is 2.33. The summed E-state index contributed by atoms with van der Waals surface area (Å²) in [6.45, 7) is 5.97. The third kappa shape index (κ3) is 5.03. The summed E-state index contributed by atoms with van der Waals surface area (Å²) in [5.74, 6) is 0.484. The SMILES string of the molecule is C=CCOc1ccc(Br)cc1/C=C1\SC(=Nc2ccc(Cl)cc2C)NC1=O. The fourth-order valence-electron chi connectivity index (χ4n) is 2.39. The van der Waals surface area contributed by atoms with Gasteiger partial charge in [0, 0.05) is 15.1 Å². The molecule has 0 aliphatic carbocycles. The molecule has 2 aromatic rings. The first-order chi connectivity index (χ1) is 13.0. The van der Waals surface area contributed by atoms with E-state index in [4.69, 9.17) is 16.3 Å². The van der Waals surface area contributed by atoms with Crippen molar-refractivity contribution >= 4 is 62.1 Å². The number of amides is 1. The largest absolute Gasteiger partial charge is 0.489 e. The Morgan fingerprint density at radius 3 is 2.89 bits per heavy atom. The quantitative estimate of drug-likeness (QED) is 0.446. The maximum absolute atomic E-state index is 12.4. The van der Waals surface area contributed by atoms with E-state index in [1.54, 1.807) is 18.2 Å². The van der Waals surface area contributed by atoms with Gasteiger partial charge in [-0.2, -0.15) is 0 Å². The van der Waals surface area contributed by atoms with Gasteiger partial charge in [-0.25, -0.2) is 4.99 Å². The van der Waals surface area contributed by atoms with Crippen LogP contribution in [0.25, 0.3) is 6.08 Å². The van der Waals surface area contributed by atoms with Crippen molar-refractivity contribution in [1.29, 1.82) is 0 Å². The van der Waals surface area contributed by atoms with E-state index in [1.807, 2.05) is 37.3 Å². The minimum absolute atomic E-state index is 0.194. The number of benzene rings is 2. The Balaban J connectivity index is 1.88. The van der Waals surface area contributed by atoms with E-state index in [-0.39, 0.29) is 5.91 Å². The zero-order valence-electron chi connectivity index (χ0n) is 14.5. The first-order valence-electron chi connectivity index (χ1n) is 8.05. The molecule has 0 saturated carbocycles. The molecule has 0 radical (unpaired) electrons. The lowest BCUT2D eigenvalue weighted by Crippen LogP contribution is -2.19. The highest BCUT2D eigenvalue weighted by molar-refractivity contribution is 9.10. The number of nitrogens with zero attached hydrogens (tertiary/aromatic N) is 1. The lowest BCUT2D eigenvalue weighted by molar-refractivity contribution is -0.115. The average molecular weight is 464 g/mol. The van der Waals surface area contributed by atoms with Gasteiger partial charge >= 0.3 is 0 Å². The van der Waals surface area contributed by atoms with Gasteiger partial charge in [-0.3, -0.25) is 4.79 Å². The maximum atomic E-state index is 12.4.